The molecule has 0 amide bonds. The number of carboxylic acids is 1. The summed E-state index contributed by atoms with van der Waals surface area (Å²) in [7, 11) is 0. The molecule has 1 aromatic heterocycles. The number of aryl methyl sites for hydroxylation is 1. The molecule has 2 aliphatic rings. The number of nitrogens with zero attached hydrogens (tertiary/aromatic N) is 2. The van der Waals surface area contributed by atoms with Crippen LogP contribution in [0.1, 0.15) is 54.8 Å². The lowest BCUT2D eigenvalue weighted by atomic mass is 10.1. The molecule has 1 N–H and O–H groups in total. The third-order valence-electron chi connectivity index (χ3n) is 4.85. The molecule has 0 radical (unpaired) electrons. The van der Waals surface area contributed by atoms with Gasteiger partial charge in [-0.1, -0.05) is 13.0 Å². The Bertz CT molecular complexity index is 699. The Morgan fingerprint density at radius 3 is 2.52 bits per heavy atom. The quantitative estimate of drug-likeness (QED) is 0.911. The van der Waals surface area contributed by atoms with Gasteiger partial charge in [-0.25, -0.2) is 9.78 Å². The minimum absolute atomic E-state index is 0.325. The van der Waals surface area contributed by atoms with Gasteiger partial charge in [-0.2, -0.15) is 0 Å². The van der Waals surface area contributed by atoms with Crippen molar-refractivity contribution in [3.8, 4) is 0 Å². The summed E-state index contributed by atoms with van der Waals surface area (Å²) >= 11 is 0. The molecule has 0 spiro atoms. The van der Waals surface area contributed by atoms with Crippen LogP contribution in [0.5, 0.6) is 0 Å². The third-order valence-corrected chi connectivity index (χ3v) is 4.85. The minimum Gasteiger partial charge on any atom is -0.478 e. The molecule has 110 valence electrons. The second-order valence-corrected chi connectivity index (χ2v) is 6.40. The van der Waals surface area contributed by atoms with Crippen LogP contribution in [0.2, 0.25) is 0 Å². The summed E-state index contributed by atoms with van der Waals surface area (Å²) in [5, 5.41) is 9.39. The highest BCUT2D eigenvalue weighted by molar-refractivity contribution is 6.01. The molecule has 21 heavy (non-hydrogen) atoms. The molecule has 0 saturated heterocycles. The minimum atomic E-state index is -0.887. The van der Waals surface area contributed by atoms with Crippen molar-refractivity contribution in [1.82, 2.24) is 9.55 Å². The molecule has 0 unspecified atom stereocenters. The molecule has 2 fully saturated rings. The van der Waals surface area contributed by atoms with Gasteiger partial charge in [0.05, 0.1) is 11.1 Å². The first kappa shape index (κ1) is 12.9. The van der Waals surface area contributed by atoms with Crippen LogP contribution in [0, 0.1) is 11.8 Å². The van der Waals surface area contributed by atoms with Crippen molar-refractivity contribution in [2.45, 2.75) is 45.1 Å². The zero-order chi connectivity index (χ0) is 14.6. The highest BCUT2D eigenvalue weighted by Crippen LogP contribution is 2.53. The molecule has 2 aromatic rings. The number of hydrogen-bond donors (Lipinski definition) is 1. The van der Waals surface area contributed by atoms with Crippen molar-refractivity contribution in [2.75, 3.05) is 0 Å². The zero-order valence-electron chi connectivity index (χ0n) is 12.2. The Hall–Kier alpha value is -1.84. The first-order valence-electron chi connectivity index (χ1n) is 7.93. The number of rotatable bonds is 5. The van der Waals surface area contributed by atoms with Crippen molar-refractivity contribution < 1.29 is 9.90 Å². The number of para-hydroxylation sites is 1. The van der Waals surface area contributed by atoms with E-state index in [0.717, 1.165) is 29.6 Å². The molecular formula is C17H20N2O2. The Labute approximate surface area is 123 Å². The maximum atomic E-state index is 11.4. The average molecular weight is 284 g/mol. The van der Waals surface area contributed by atoms with Gasteiger partial charge in [-0.05, 0) is 49.7 Å². The van der Waals surface area contributed by atoms with E-state index in [1.54, 1.807) is 6.07 Å². The van der Waals surface area contributed by atoms with E-state index in [1.807, 2.05) is 12.1 Å². The van der Waals surface area contributed by atoms with Crippen molar-refractivity contribution in [3.05, 3.63) is 29.6 Å². The maximum Gasteiger partial charge on any atom is 0.337 e. The van der Waals surface area contributed by atoms with Gasteiger partial charge in [-0.15, -0.1) is 0 Å². The van der Waals surface area contributed by atoms with E-state index in [1.165, 1.54) is 25.7 Å². The summed E-state index contributed by atoms with van der Waals surface area (Å²) in [6.45, 7) is 2.11. The van der Waals surface area contributed by atoms with Crippen LogP contribution in [-0.2, 0) is 6.42 Å². The average Bonchev–Trinajstić information content (AvgIpc) is 3.37. The van der Waals surface area contributed by atoms with E-state index in [-0.39, 0.29) is 0 Å². The summed E-state index contributed by atoms with van der Waals surface area (Å²) in [5.74, 6) is 1.70. The highest BCUT2D eigenvalue weighted by Gasteiger charge is 2.43. The fourth-order valence-electron chi connectivity index (χ4n) is 3.60. The maximum absolute atomic E-state index is 11.4. The van der Waals surface area contributed by atoms with Gasteiger partial charge >= 0.3 is 5.97 Å². The summed E-state index contributed by atoms with van der Waals surface area (Å²) in [6.07, 6.45) is 6.08. The van der Waals surface area contributed by atoms with E-state index in [0.29, 0.717) is 17.1 Å². The van der Waals surface area contributed by atoms with Crippen LogP contribution in [0.3, 0.4) is 0 Å². The van der Waals surface area contributed by atoms with Gasteiger partial charge in [0, 0.05) is 12.5 Å². The largest absolute Gasteiger partial charge is 0.478 e. The lowest BCUT2D eigenvalue weighted by molar-refractivity contribution is 0.0699. The van der Waals surface area contributed by atoms with Crippen LogP contribution >= 0.6 is 0 Å². The Kier molecular flexibility index (Phi) is 2.81. The summed E-state index contributed by atoms with van der Waals surface area (Å²) in [5.41, 5.74) is 2.00. The highest BCUT2D eigenvalue weighted by atomic mass is 16.4. The number of carboxylic acid groups (broad SMARTS) is 1. The SMILES string of the molecule is CCc1nc2c(C(=O)O)cccc2n1C(C1CC1)C1CC1. The molecule has 4 nitrogen and oxygen atoms in total. The topological polar surface area (TPSA) is 55.1 Å². The van der Waals surface area contributed by atoms with E-state index < -0.39 is 5.97 Å². The third kappa shape index (κ3) is 2.04. The standard InChI is InChI=1S/C17H20N2O2/c1-2-14-18-15-12(17(20)21)4-3-5-13(15)19(14)16(10-6-7-10)11-8-9-11/h3-5,10-11,16H,2,6-9H2,1H3,(H,20,21). The summed E-state index contributed by atoms with van der Waals surface area (Å²) in [6, 6.07) is 6.07. The lowest BCUT2D eigenvalue weighted by Gasteiger charge is -2.21. The molecular weight excluding hydrogens is 264 g/mol. The molecule has 0 bridgehead atoms. The van der Waals surface area contributed by atoms with Gasteiger partial charge in [0.25, 0.3) is 0 Å². The Morgan fingerprint density at radius 1 is 1.33 bits per heavy atom. The lowest BCUT2D eigenvalue weighted by Crippen LogP contribution is -2.16. The van der Waals surface area contributed by atoms with Gasteiger partial charge < -0.3 is 9.67 Å². The molecule has 0 atom stereocenters. The summed E-state index contributed by atoms with van der Waals surface area (Å²) in [4.78, 5) is 16.1. The number of imidazole rings is 1. The molecule has 1 aromatic carbocycles. The van der Waals surface area contributed by atoms with Crippen LogP contribution in [0.25, 0.3) is 11.0 Å². The Morgan fingerprint density at radius 2 is 2.00 bits per heavy atom. The fraction of sp³-hybridized carbons (Fsp3) is 0.529. The van der Waals surface area contributed by atoms with Gasteiger partial charge in [0.1, 0.15) is 11.3 Å². The van der Waals surface area contributed by atoms with Crippen LogP contribution in [-0.4, -0.2) is 20.6 Å². The number of carbonyl (C=O) groups is 1. The summed E-state index contributed by atoms with van der Waals surface area (Å²) < 4.78 is 2.37. The van der Waals surface area contributed by atoms with Gasteiger partial charge in [-0.3, -0.25) is 0 Å². The Balaban J connectivity index is 1.94. The monoisotopic (exact) mass is 284 g/mol. The fourth-order valence-corrected chi connectivity index (χ4v) is 3.60. The van der Waals surface area contributed by atoms with E-state index in [9.17, 15) is 9.90 Å². The second kappa shape index (κ2) is 4.58. The number of aromatic nitrogens is 2. The van der Waals surface area contributed by atoms with Crippen LogP contribution in [0.15, 0.2) is 18.2 Å². The zero-order valence-corrected chi connectivity index (χ0v) is 12.2. The predicted molar refractivity (Wildman–Crippen MR) is 80.6 cm³/mol. The number of hydrogen-bond acceptors (Lipinski definition) is 2. The van der Waals surface area contributed by atoms with Crippen molar-refractivity contribution >= 4 is 17.0 Å². The number of aromatic carboxylic acids is 1. The molecule has 4 rings (SSSR count). The van der Waals surface area contributed by atoms with Crippen molar-refractivity contribution in [1.29, 1.82) is 0 Å². The molecule has 1 heterocycles. The molecule has 2 aliphatic carbocycles. The molecule has 2 saturated carbocycles. The van der Waals surface area contributed by atoms with Gasteiger partial charge in [0.2, 0.25) is 0 Å². The van der Waals surface area contributed by atoms with E-state index in [4.69, 9.17) is 0 Å². The van der Waals surface area contributed by atoms with Crippen LogP contribution in [0.4, 0.5) is 0 Å². The number of fused-ring (bicyclic) bond motifs is 1. The van der Waals surface area contributed by atoms with E-state index >= 15 is 0 Å². The second-order valence-electron chi connectivity index (χ2n) is 6.40. The molecule has 4 heteroatoms. The number of benzene rings is 1. The normalized spacial score (nSPS) is 18.6. The molecule has 0 aliphatic heterocycles. The first-order valence-corrected chi connectivity index (χ1v) is 7.93. The smallest absolute Gasteiger partial charge is 0.337 e. The van der Waals surface area contributed by atoms with E-state index in [2.05, 4.69) is 16.5 Å². The predicted octanol–water partition coefficient (Wildman–Crippen LogP) is 3.66. The van der Waals surface area contributed by atoms with Gasteiger partial charge in [0.15, 0.2) is 0 Å². The first-order chi connectivity index (χ1) is 10.2. The van der Waals surface area contributed by atoms with Crippen molar-refractivity contribution in [3.63, 3.8) is 0 Å². The van der Waals surface area contributed by atoms with Crippen molar-refractivity contribution in [2.24, 2.45) is 11.8 Å². The van der Waals surface area contributed by atoms with Crippen LogP contribution < -0.4 is 0 Å².